The van der Waals surface area contributed by atoms with Crippen molar-refractivity contribution in [3.8, 4) is 0 Å². The topological polar surface area (TPSA) is 0 Å². The zero-order valence-electron chi connectivity index (χ0n) is 2.49. The predicted molar refractivity (Wildman–Crippen MR) is 27.0 cm³/mol. The van der Waals surface area contributed by atoms with Crippen LogP contribution in [0.1, 0.15) is 0 Å². The molecule has 0 saturated heterocycles. The molecule has 6 heavy (non-hydrogen) atoms. The third-order valence-corrected chi connectivity index (χ3v) is 0. The maximum atomic E-state index is 0. The van der Waals surface area contributed by atoms with E-state index >= 15 is 0 Å². The summed E-state index contributed by atoms with van der Waals surface area (Å²) >= 11 is 0. The average Bonchev–Trinajstić information content (AvgIpc) is 0. The fraction of sp³-hybridized carbons (Fsp3) is 0. The maximum absolute atomic E-state index is 0. The fourth-order valence-electron chi connectivity index (χ4n) is 0. The Morgan fingerprint density at radius 1 is 1.00 bits per heavy atom. The van der Waals surface area contributed by atoms with E-state index in [2.05, 4.69) is 0 Å². The van der Waals surface area contributed by atoms with Crippen LogP contribution in [0.15, 0.2) is 0 Å². The van der Waals surface area contributed by atoms with Crippen molar-refractivity contribution in [1.82, 2.24) is 0 Å². The minimum atomic E-state index is 0. The van der Waals surface area contributed by atoms with Crippen molar-refractivity contribution in [2.24, 2.45) is 0 Å². The molecule has 0 spiro atoms. The van der Waals surface area contributed by atoms with Crippen LogP contribution in [0.5, 0.6) is 0 Å². The first kappa shape index (κ1) is 43.8. The average molecular weight is 587 g/mol. The van der Waals surface area contributed by atoms with Gasteiger partial charge in [0.2, 0.25) is 0 Å². The SMILES string of the molecule is [BiH3].[Fe].[KH].[Mo].[Ni].[SbH3]. The summed E-state index contributed by atoms with van der Waals surface area (Å²) in [5.41, 5.74) is 0. The van der Waals surface area contributed by atoms with E-state index in [0.29, 0.717) is 0 Å². The molecule has 0 atom stereocenters. The van der Waals surface area contributed by atoms with Crippen molar-refractivity contribution in [3.63, 3.8) is 0 Å². The molecule has 0 bridgehead atoms. The Kier molecular flexibility index (Phi) is 236. The van der Waals surface area contributed by atoms with E-state index in [9.17, 15) is 0 Å². The molecular formula is H7BiFeKMoNiSb. The van der Waals surface area contributed by atoms with Crippen LogP contribution in [0.4, 0.5) is 0 Å². The van der Waals surface area contributed by atoms with E-state index in [1.54, 1.807) is 0 Å². The first-order valence-electron chi connectivity index (χ1n) is 0. The summed E-state index contributed by atoms with van der Waals surface area (Å²) in [6, 6.07) is 0. The van der Waals surface area contributed by atoms with Gasteiger partial charge in [-0.3, -0.25) is 0 Å². The molecule has 0 aliphatic rings. The molecule has 0 aromatic carbocycles. The number of hydrogen-bond donors (Lipinski definition) is 0. The van der Waals surface area contributed by atoms with Crippen LogP contribution in [-0.4, -0.2) is 102 Å². The van der Waals surface area contributed by atoms with Crippen LogP contribution in [0.3, 0.4) is 0 Å². The van der Waals surface area contributed by atoms with Crippen LogP contribution in [0, 0.1) is 0 Å². The first-order valence-corrected chi connectivity index (χ1v) is 0. The Hall–Kier alpha value is 5.04. The molecule has 0 aromatic heterocycles. The monoisotopic (exact) mass is 588 g/mol. The summed E-state index contributed by atoms with van der Waals surface area (Å²) in [5.74, 6) is 0. The van der Waals surface area contributed by atoms with Gasteiger partial charge in [-0.25, -0.2) is 0 Å². The van der Waals surface area contributed by atoms with Gasteiger partial charge < -0.3 is 0 Å². The molecule has 0 unspecified atom stereocenters. The van der Waals surface area contributed by atoms with Crippen LogP contribution in [-0.2, 0) is 54.6 Å². The zero-order valence-corrected chi connectivity index (χ0v) is 16.1. The standard InChI is InChI=1S/Bi.Fe.K.Mo.Ni.Sb.7H. The quantitative estimate of drug-likeness (QED) is 0.265. The molecule has 0 aliphatic heterocycles. The van der Waals surface area contributed by atoms with Gasteiger partial charge in [0.15, 0.2) is 0 Å². The Balaban J connectivity index is 0. The summed E-state index contributed by atoms with van der Waals surface area (Å²) in [4.78, 5) is 0. The first-order chi connectivity index (χ1) is 0. The van der Waals surface area contributed by atoms with Gasteiger partial charge in [-0.1, -0.05) is 0 Å². The van der Waals surface area contributed by atoms with Gasteiger partial charge in [0.1, 0.15) is 0 Å². The van der Waals surface area contributed by atoms with E-state index in [0.717, 1.165) is 0 Å². The summed E-state index contributed by atoms with van der Waals surface area (Å²) in [5, 5.41) is 0. The van der Waals surface area contributed by atoms with Gasteiger partial charge in [-0.05, 0) is 0 Å². The van der Waals surface area contributed by atoms with Crippen LogP contribution in [0.2, 0.25) is 0 Å². The van der Waals surface area contributed by atoms with Crippen molar-refractivity contribution in [1.29, 1.82) is 0 Å². The molecule has 0 radical (unpaired) electrons. The normalized spacial score (nSPS) is 0. The molecule has 6 heteroatoms. The predicted octanol–water partition coefficient (Wildman–Crippen LogP) is -3.02. The summed E-state index contributed by atoms with van der Waals surface area (Å²) < 4.78 is 0. The molecule has 0 fully saturated rings. The van der Waals surface area contributed by atoms with Gasteiger partial charge in [0.25, 0.3) is 0 Å². The Morgan fingerprint density at radius 2 is 1.00 bits per heavy atom. The Bertz CT molecular complexity index is 15.5. The second kappa shape index (κ2) is 32.3. The molecule has 0 aromatic rings. The fourth-order valence-corrected chi connectivity index (χ4v) is 0. The summed E-state index contributed by atoms with van der Waals surface area (Å²) in [7, 11) is 0. The molecule has 0 rings (SSSR count). The Labute approximate surface area is 152 Å². The minimum absolute atomic E-state index is 0. The molecular weight excluding hydrogens is 580 g/mol. The number of rotatable bonds is 0. The second-order valence-electron chi connectivity index (χ2n) is 0. The van der Waals surface area contributed by atoms with E-state index in [4.69, 9.17) is 0 Å². The molecule has 0 N–H and O–H groups in total. The van der Waals surface area contributed by atoms with Crippen molar-refractivity contribution < 1.29 is 54.6 Å². The summed E-state index contributed by atoms with van der Waals surface area (Å²) in [6.07, 6.45) is 0. The third kappa shape index (κ3) is 23.0. The van der Waals surface area contributed by atoms with E-state index < -0.39 is 0 Å². The van der Waals surface area contributed by atoms with Crippen LogP contribution < -0.4 is 0 Å². The molecule has 0 heterocycles. The zero-order chi connectivity index (χ0) is 0. The molecule has 42 valence electrons. The van der Waals surface area contributed by atoms with Crippen LogP contribution >= 0.6 is 0 Å². The molecule has 0 nitrogen and oxygen atoms in total. The number of hydrogen-bond acceptors (Lipinski definition) is 0. The van der Waals surface area contributed by atoms with Gasteiger partial charge in [-0.15, -0.1) is 0 Å². The third-order valence-electron chi connectivity index (χ3n) is 0. The van der Waals surface area contributed by atoms with Crippen molar-refractivity contribution >= 4 is 102 Å². The van der Waals surface area contributed by atoms with Crippen molar-refractivity contribution in [3.05, 3.63) is 0 Å². The van der Waals surface area contributed by atoms with Gasteiger partial charge in [0, 0.05) is 54.6 Å². The van der Waals surface area contributed by atoms with E-state index in [-0.39, 0.29) is 157 Å². The van der Waals surface area contributed by atoms with Crippen molar-refractivity contribution in [2.45, 2.75) is 0 Å². The van der Waals surface area contributed by atoms with Gasteiger partial charge in [0.05, 0.1) is 0 Å². The van der Waals surface area contributed by atoms with Crippen molar-refractivity contribution in [2.75, 3.05) is 0 Å². The Morgan fingerprint density at radius 3 is 1.00 bits per heavy atom. The van der Waals surface area contributed by atoms with Gasteiger partial charge >= 0.3 is 102 Å². The van der Waals surface area contributed by atoms with E-state index in [1.165, 1.54) is 0 Å². The van der Waals surface area contributed by atoms with E-state index in [1.807, 2.05) is 0 Å². The van der Waals surface area contributed by atoms with Crippen LogP contribution in [0.25, 0.3) is 0 Å². The van der Waals surface area contributed by atoms with Gasteiger partial charge in [-0.2, -0.15) is 0 Å². The summed E-state index contributed by atoms with van der Waals surface area (Å²) in [6.45, 7) is 0. The second-order valence-corrected chi connectivity index (χ2v) is 0. The molecule has 0 amide bonds. The molecule has 0 saturated carbocycles. The molecule has 0 aliphatic carbocycles.